The van der Waals surface area contributed by atoms with Gasteiger partial charge in [-0.1, -0.05) is 37.3 Å². The normalized spacial score (nSPS) is 10.3. The van der Waals surface area contributed by atoms with Crippen LogP contribution in [-0.4, -0.2) is 0 Å². The van der Waals surface area contributed by atoms with E-state index in [0.717, 1.165) is 22.3 Å². The molecule has 1 aromatic carbocycles. The molecule has 0 N–H and O–H groups in total. The molecule has 0 aliphatic heterocycles. The minimum Gasteiger partial charge on any atom is -0.618 e. The van der Waals surface area contributed by atoms with Gasteiger partial charge < -0.3 is 9.94 Å². The van der Waals surface area contributed by atoms with E-state index in [1.807, 2.05) is 43.3 Å². The van der Waals surface area contributed by atoms with Gasteiger partial charge in [0.15, 0.2) is 11.9 Å². The minimum atomic E-state index is 0.481. The number of aryl methyl sites for hydroxylation is 1. The molecule has 1 heterocycles. The molecule has 0 radical (unpaired) electrons. The van der Waals surface area contributed by atoms with Crippen LogP contribution in [0.25, 0.3) is 0 Å². The van der Waals surface area contributed by atoms with Crippen molar-refractivity contribution in [3.63, 3.8) is 0 Å². The summed E-state index contributed by atoms with van der Waals surface area (Å²) in [5.74, 6) is 0.660. The lowest BCUT2D eigenvalue weighted by molar-refractivity contribution is -0.613. The maximum Gasteiger partial charge on any atom is 0.231 e. The summed E-state index contributed by atoms with van der Waals surface area (Å²) in [7, 11) is 0. The van der Waals surface area contributed by atoms with E-state index < -0.39 is 0 Å². The van der Waals surface area contributed by atoms with Crippen LogP contribution >= 0.6 is 0 Å². The first-order chi connectivity index (χ1) is 8.70. The van der Waals surface area contributed by atoms with Gasteiger partial charge in [0.05, 0.1) is 0 Å². The van der Waals surface area contributed by atoms with Crippen LogP contribution in [0.4, 0.5) is 0 Å². The predicted octanol–water partition coefficient (Wildman–Crippen LogP) is 2.77. The Morgan fingerprint density at radius 3 is 2.56 bits per heavy atom. The van der Waals surface area contributed by atoms with Crippen molar-refractivity contribution in [2.24, 2.45) is 0 Å². The Hall–Kier alpha value is -2.03. The second kappa shape index (κ2) is 5.54. The van der Waals surface area contributed by atoms with Gasteiger partial charge in [-0.2, -0.15) is 4.73 Å². The summed E-state index contributed by atoms with van der Waals surface area (Å²) in [5, 5.41) is 11.7. The Kier molecular flexibility index (Phi) is 3.82. The predicted molar refractivity (Wildman–Crippen MR) is 70.3 cm³/mol. The van der Waals surface area contributed by atoms with Crippen LogP contribution in [0.3, 0.4) is 0 Å². The number of hydrogen-bond donors (Lipinski definition) is 0. The van der Waals surface area contributed by atoms with Crippen molar-refractivity contribution in [3.8, 4) is 5.75 Å². The fourth-order valence-corrected chi connectivity index (χ4v) is 1.74. The zero-order chi connectivity index (χ0) is 13.0. The second-order valence-electron chi connectivity index (χ2n) is 4.25. The van der Waals surface area contributed by atoms with Gasteiger partial charge in [-0.3, -0.25) is 0 Å². The molecule has 0 amide bonds. The first-order valence-electron chi connectivity index (χ1n) is 6.10. The lowest BCUT2D eigenvalue weighted by Gasteiger charge is -2.10. The molecule has 1 aromatic heterocycles. The van der Waals surface area contributed by atoms with Crippen molar-refractivity contribution in [2.75, 3.05) is 0 Å². The molecule has 0 saturated carbocycles. The highest BCUT2D eigenvalue weighted by atomic mass is 16.5. The zero-order valence-corrected chi connectivity index (χ0v) is 10.7. The van der Waals surface area contributed by atoms with Gasteiger partial charge in [0.2, 0.25) is 5.69 Å². The largest absolute Gasteiger partial charge is 0.618 e. The van der Waals surface area contributed by atoms with Crippen molar-refractivity contribution < 1.29 is 9.47 Å². The summed E-state index contributed by atoms with van der Waals surface area (Å²) in [5.41, 5.74) is 2.68. The van der Waals surface area contributed by atoms with E-state index in [4.69, 9.17) is 4.74 Å². The van der Waals surface area contributed by atoms with E-state index in [0.29, 0.717) is 18.1 Å². The third kappa shape index (κ3) is 2.80. The molecule has 0 unspecified atom stereocenters. The molecule has 0 aliphatic rings. The van der Waals surface area contributed by atoms with Crippen LogP contribution in [0.15, 0.2) is 42.6 Å². The van der Waals surface area contributed by atoms with Crippen LogP contribution in [-0.2, 0) is 13.0 Å². The number of hydrogen-bond acceptors (Lipinski definition) is 2. The Labute approximate surface area is 107 Å². The highest BCUT2D eigenvalue weighted by Gasteiger charge is 2.11. The number of ether oxygens (including phenoxy) is 1. The third-order valence-corrected chi connectivity index (χ3v) is 2.93. The minimum absolute atomic E-state index is 0.481. The maximum absolute atomic E-state index is 11.7. The van der Waals surface area contributed by atoms with E-state index in [2.05, 4.69) is 0 Å². The molecule has 0 bridgehead atoms. The van der Waals surface area contributed by atoms with Crippen LogP contribution in [0.5, 0.6) is 5.75 Å². The Morgan fingerprint density at radius 1 is 1.17 bits per heavy atom. The zero-order valence-electron chi connectivity index (χ0n) is 10.7. The average Bonchev–Trinajstić information content (AvgIpc) is 2.41. The summed E-state index contributed by atoms with van der Waals surface area (Å²) < 4.78 is 6.60. The molecular formula is C15H17NO2. The number of nitrogens with zero attached hydrogens (tertiary/aromatic N) is 1. The molecule has 0 fully saturated rings. The molecule has 2 rings (SSSR count). The summed E-state index contributed by atoms with van der Waals surface area (Å²) in [6.07, 6.45) is 2.43. The van der Waals surface area contributed by atoms with Gasteiger partial charge in [-0.05, 0) is 18.1 Å². The van der Waals surface area contributed by atoms with Crippen LogP contribution in [0.2, 0.25) is 0 Å². The molecule has 0 atom stereocenters. The second-order valence-corrected chi connectivity index (χ2v) is 4.25. The number of pyridine rings is 1. The van der Waals surface area contributed by atoms with Crippen LogP contribution in [0.1, 0.15) is 23.7 Å². The highest BCUT2D eigenvalue weighted by Crippen LogP contribution is 2.17. The van der Waals surface area contributed by atoms with Gasteiger partial charge in [0.1, 0.15) is 6.61 Å². The Balaban J connectivity index is 2.16. The molecule has 3 nitrogen and oxygen atoms in total. The van der Waals surface area contributed by atoms with E-state index in [-0.39, 0.29) is 0 Å². The molecule has 0 saturated heterocycles. The van der Waals surface area contributed by atoms with E-state index >= 15 is 0 Å². The summed E-state index contributed by atoms with van der Waals surface area (Å²) in [6.45, 7) is 4.27. The van der Waals surface area contributed by atoms with Crippen molar-refractivity contribution in [2.45, 2.75) is 26.9 Å². The number of rotatable bonds is 4. The summed E-state index contributed by atoms with van der Waals surface area (Å²) in [4.78, 5) is 0. The number of aromatic nitrogens is 1. The average molecular weight is 243 g/mol. The maximum atomic E-state index is 11.7. The molecule has 0 spiro atoms. The van der Waals surface area contributed by atoms with Crippen molar-refractivity contribution >= 4 is 0 Å². The van der Waals surface area contributed by atoms with E-state index in [9.17, 15) is 5.21 Å². The Bertz CT molecular complexity index is 524. The van der Waals surface area contributed by atoms with Crippen molar-refractivity contribution in [1.82, 2.24) is 0 Å². The lowest BCUT2D eigenvalue weighted by Crippen LogP contribution is -2.30. The number of benzene rings is 1. The van der Waals surface area contributed by atoms with Gasteiger partial charge >= 0.3 is 0 Å². The fourth-order valence-electron chi connectivity index (χ4n) is 1.74. The van der Waals surface area contributed by atoms with Crippen LogP contribution < -0.4 is 9.47 Å². The monoisotopic (exact) mass is 243 g/mol. The molecule has 3 heteroatoms. The van der Waals surface area contributed by atoms with Crippen LogP contribution in [0, 0.1) is 12.1 Å². The van der Waals surface area contributed by atoms with Gasteiger partial charge in [0.25, 0.3) is 0 Å². The van der Waals surface area contributed by atoms with Crippen molar-refractivity contribution in [3.05, 3.63) is 64.6 Å². The Morgan fingerprint density at radius 2 is 1.89 bits per heavy atom. The van der Waals surface area contributed by atoms with E-state index in [1.54, 1.807) is 13.1 Å². The summed E-state index contributed by atoms with van der Waals surface area (Å²) in [6, 6.07) is 11.9. The smallest absolute Gasteiger partial charge is 0.231 e. The molecule has 0 aliphatic carbocycles. The quantitative estimate of drug-likeness (QED) is 0.611. The van der Waals surface area contributed by atoms with Crippen molar-refractivity contribution in [1.29, 1.82) is 0 Å². The molecular weight excluding hydrogens is 226 g/mol. The lowest BCUT2D eigenvalue weighted by atomic mass is 10.2. The van der Waals surface area contributed by atoms with Gasteiger partial charge in [0, 0.05) is 12.5 Å². The fraction of sp³-hybridized carbons (Fsp3) is 0.267. The highest BCUT2D eigenvalue weighted by molar-refractivity contribution is 5.28. The molecule has 2 aromatic rings. The molecule has 94 valence electrons. The third-order valence-electron chi connectivity index (χ3n) is 2.93. The first kappa shape index (κ1) is 12.4. The molecule has 18 heavy (non-hydrogen) atoms. The van der Waals surface area contributed by atoms with E-state index in [1.165, 1.54) is 0 Å². The van der Waals surface area contributed by atoms with Gasteiger partial charge in [-0.15, -0.1) is 0 Å². The standard InChI is InChI=1S/C15H17NO2/c1-3-13-9-15(12(2)16(17)10-13)18-11-14-7-5-4-6-8-14/h4-10H,3,11H2,1-2H3. The first-order valence-corrected chi connectivity index (χ1v) is 6.10. The summed E-state index contributed by atoms with van der Waals surface area (Å²) >= 11 is 0. The SMILES string of the molecule is CCc1cc(OCc2ccccc2)c(C)[n+]([O-])c1. The topological polar surface area (TPSA) is 36.2 Å². The van der Waals surface area contributed by atoms with Gasteiger partial charge in [-0.25, -0.2) is 0 Å².